The first kappa shape index (κ1) is 22.0. The van der Waals surface area contributed by atoms with E-state index in [1.165, 1.54) is 12.1 Å². The van der Waals surface area contributed by atoms with Gasteiger partial charge in [-0.2, -0.15) is 0 Å². The Morgan fingerprint density at radius 3 is 2.56 bits per heavy atom. The van der Waals surface area contributed by atoms with Crippen LogP contribution in [-0.4, -0.2) is 48.9 Å². The monoisotopic (exact) mass is 433 g/mol. The van der Waals surface area contributed by atoms with Crippen LogP contribution in [0.5, 0.6) is 0 Å². The predicted octanol–water partition coefficient (Wildman–Crippen LogP) is 2.68. The van der Waals surface area contributed by atoms with Crippen LogP contribution < -0.4 is 10.6 Å². The third-order valence-electron chi connectivity index (χ3n) is 6.61. The third kappa shape index (κ3) is 4.84. The molecule has 0 unspecified atom stereocenters. The molecule has 6 heteroatoms. The second-order valence-corrected chi connectivity index (χ2v) is 8.76. The fourth-order valence-corrected chi connectivity index (χ4v) is 4.91. The van der Waals surface area contributed by atoms with E-state index in [2.05, 4.69) is 27.4 Å². The fraction of sp³-hybridized carbons (Fsp3) is 0.385. The van der Waals surface area contributed by atoms with Gasteiger partial charge in [-0.1, -0.05) is 36.3 Å². The number of amides is 2. The molecule has 2 aliphatic heterocycles. The van der Waals surface area contributed by atoms with Gasteiger partial charge >= 0.3 is 0 Å². The lowest BCUT2D eigenvalue weighted by Gasteiger charge is -2.41. The van der Waals surface area contributed by atoms with Gasteiger partial charge in [0, 0.05) is 36.5 Å². The van der Waals surface area contributed by atoms with Crippen molar-refractivity contribution in [3.8, 4) is 11.8 Å². The molecule has 0 aromatic heterocycles. The van der Waals surface area contributed by atoms with Crippen molar-refractivity contribution in [1.82, 2.24) is 15.5 Å². The summed E-state index contributed by atoms with van der Waals surface area (Å²) in [6, 6.07) is 15.9. The van der Waals surface area contributed by atoms with Gasteiger partial charge in [-0.15, -0.1) is 0 Å². The normalized spacial score (nSPS) is 20.8. The highest BCUT2D eigenvalue weighted by Crippen LogP contribution is 2.47. The third-order valence-corrected chi connectivity index (χ3v) is 6.61. The maximum Gasteiger partial charge on any atom is 0.296 e. The molecule has 4 rings (SSSR count). The molecule has 2 heterocycles. The van der Waals surface area contributed by atoms with E-state index in [0.717, 1.165) is 37.1 Å². The molecular formula is C26H28FN3O2. The van der Waals surface area contributed by atoms with E-state index in [4.69, 9.17) is 0 Å². The van der Waals surface area contributed by atoms with Crippen LogP contribution >= 0.6 is 0 Å². The highest BCUT2D eigenvalue weighted by molar-refractivity contribution is 5.94. The highest BCUT2D eigenvalue weighted by atomic mass is 19.1. The molecule has 0 radical (unpaired) electrons. The van der Waals surface area contributed by atoms with Crippen LogP contribution in [0.15, 0.2) is 54.6 Å². The summed E-state index contributed by atoms with van der Waals surface area (Å²) in [4.78, 5) is 27.2. The molecule has 0 saturated carbocycles. The number of piperidine rings is 1. The zero-order valence-electron chi connectivity index (χ0n) is 18.2. The second-order valence-electron chi connectivity index (χ2n) is 8.76. The van der Waals surface area contributed by atoms with Crippen molar-refractivity contribution < 1.29 is 14.0 Å². The lowest BCUT2D eigenvalue weighted by Crippen LogP contribution is -2.49. The Kier molecular flexibility index (Phi) is 6.57. The maximum atomic E-state index is 13.4. The summed E-state index contributed by atoms with van der Waals surface area (Å²) in [5.41, 5.74) is 1.38. The Morgan fingerprint density at radius 1 is 1.19 bits per heavy atom. The molecular weight excluding hydrogens is 405 g/mol. The van der Waals surface area contributed by atoms with Crippen molar-refractivity contribution in [3.63, 3.8) is 0 Å². The van der Waals surface area contributed by atoms with Crippen LogP contribution in [-0.2, 0) is 9.59 Å². The predicted molar refractivity (Wildman–Crippen MR) is 121 cm³/mol. The van der Waals surface area contributed by atoms with Crippen LogP contribution in [0, 0.1) is 23.1 Å². The van der Waals surface area contributed by atoms with Crippen LogP contribution in [0.25, 0.3) is 0 Å². The van der Waals surface area contributed by atoms with Crippen molar-refractivity contribution in [2.45, 2.75) is 31.7 Å². The molecule has 2 atom stereocenters. The minimum atomic E-state index is -0.442. The minimum absolute atomic E-state index is 0.0491. The van der Waals surface area contributed by atoms with Gasteiger partial charge in [0.15, 0.2) is 0 Å². The first-order valence-corrected chi connectivity index (χ1v) is 11.1. The van der Waals surface area contributed by atoms with Crippen molar-refractivity contribution in [2.24, 2.45) is 5.41 Å². The average Bonchev–Trinajstić information content (AvgIpc) is 3.11. The van der Waals surface area contributed by atoms with E-state index in [0.29, 0.717) is 13.1 Å². The average molecular weight is 434 g/mol. The molecule has 2 aromatic rings. The smallest absolute Gasteiger partial charge is 0.296 e. The number of rotatable bonds is 4. The number of benzene rings is 2. The Labute approximate surface area is 188 Å². The summed E-state index contributed by atoms with van der Waals surface area (Å²) >= 11 is 0. The van der Waals surface area contributed by atoms with Crippen molar-refractivity contribution >= 4 is 11.8 Å². The van der Waals surface area contributed by atoms with Gasteiger partial charge in [0.2, 0.25) is 5.91 Å². The van der Waals surface area contributed by atoms with Gasteiger partial charge in [-0.25, -0.2) is 4.39 Å². The van der Waals surface area contributed by atoms with Gasteiger partial charge < -0.3 is 15.5 Å². The van der Waals surface area contributed by atoms with Crippen molar-refractivity contribution in [1.29, 1.82) is 0 Å². The minimum Gasteiger partial charge on any atom is -0.355 e. The Morgan fingerprint density at radius 2 is 1.88 bits per heavy atom. The molecule has 0 aliphatic carbocycles. The molecule has 2 N–H and O–H groups in total. The van der Waals surface area contributed by atoms with Crippen LogP contribution in [0.4, 0.5) is 4.39 Å². The van der Waals surface area contributed by atoms with Gasteiger partial charge in [0.25, 0.3) is 5.91 Å². The Hall–Kier alpha value is -3.17. The summed E-state index contributed by atoms with van der Waals surface area (Å²) in [6.45, 7) is 4.83. The molecule has 2 saturated heterocycles. The standard InChI is InChI=1S/C26H28FN3O2/c1-19(29-24(31)12-7-20-5-3-2-4-6-20)18-30-15-13-26(14-16-30)23(17-28-25(26)32)21-8-10-22(27)11-9-21/h2-6,8-11,19,23H,13-18H2,1H3,(H,28,32)(H,29,31)/t19-,23-/m0/s1. The SMILES string of the molecule is C[C@@H](CN1CCC2(CC1)C(=O)NC[C@H]2c1ccc(F)cc1)NC(=O)C#Cc1ccccc1. The summed E-state index contributed by atoms with van der Waals surface area (Å²) in [5, 5.41) is 5.97. The number of nitrogens with one attached hydrogen (secondary N) is 2. The number of carbonyl (C=O) groups is 2. The highest BCUT2D eigenvalue weighted by Gasteiger charge is 2.51. The number of hydrogen-bond acceptors (Lipinski definition) is 3. The number of hydrogen-bond donors (Lipinski definition) is 2. The molecule has 166 valence electrons. The maximum absolute atomic E-state index is 13.4. The topological polar surface area (TPSA) is 61.4 Å². The first-order valence-electron chi connectivity index (χ1n) is 11.1. The van der Waals surface area contributed by atoms with E-state index in [-0.39, 0.29) is 29.6 Å². The van der Waals surface area contributed by atoms with Crippen molar-refractivity contribution in [2.75, 3.05) is 26.2 Å². The van der Waals surface area contributed by atoms with Crippen LogP contribution in [0.1, 0.15) is 36.8 Å². The Bertz CT molecular complexity index is 1020. The van der Waals surface area contributed by atoms with E-state index < -0.39 is 5.41 Å². The van der Waals surface area contributed by atoms with E-state index in [9.17, 15) is 14.0 Å². The molecule has 5 nitrogen and oxygen atoms in total. The molecule has 1 spiro atoms. The summed E-state index contributed by atoms with van der Waals surface area (Å²) in [5.74, 6) is 5.12. The molecule has 32 heavy (non-hydrogen) atoms. The van der Waals surface area contributed by atoms with Gasteiger partial charge in [-0.05, 0) is 62.7 Å². The summed E-state index contributed by atoms with van der Waals surface area (Å²) in [6.07, 6.45) is 1.49. The van der Waals surface area contributed by atoms with E-state index in [1.807, 2.05) is 37.3 Å². The Balaban J connectivity index is 1.32. The number of nitrogens with zero attached hydrogens (tertiary/aromatic N) is 1. The molecule has 2 aliphatic rings. The number of halogens is 1. The molecule has 0 bridgehead atoms. The summed E-state index contributed by atoms with van der Waals surface area (Å²) in [7, 11) is 0. The van der Waals surface area contributed by atoms with Crippen LogP contribution in [0.2, 0.25) is 0 Å². The fourth-order valence-electron chi connectivity index (χ4n) is 4.91. The zero-order chi connectivity index (χ0) is 22.6. The first-order chi connectivity index (χ1) is 15.5. The molecule has 2 fully saturated rings. The largest absolute Gasteiger partial charge is 0.355 e. The molecule has 2 aromatic carbocycles. The van der Waals surface area contributed by atoms with Crippen molar-refractivity contribution in [3.05, 3.63) is 71.5 Å². The quantitative estimate of drug-likeness (QED) is 0.729. The number of carbonyl (C=O) groups excluding carboxylic acids is 2. The number of likely N-dealkylation sites (tertiary alicyclic amines) is 1. The van der Waals surface area contributed by atoms with E-state index in [1.54, 1.807) is 12.1 Å². The second kappa shape index (κ2) is 9.54. The van der Waals surface area contributed by atoms with Crippen LogP contribution in [0.3, 0.4) is 0 Å². The van der Waals surface area contributed by atoms with Gasteiger partial charge in [0.1, 0.15) is 5.82 Å². The lowest BCUT2D eigenvalue weighted by molar-refractivity contribution is -0.130. The molecule has 2 amide bonds. The zero-order valence-corrected chi connectivity index (χ0v) is 18.2. The van der Waals surface area contributed by atoms with Gasteiger partial charge in [-0.3, -0.25) is 9.59 Å². The lowest BCUT2D eigenvalue weighted by atomic mass is 9.68. The summed E-state index contributed by atoms with van der Waals surface area (Å²) < 4.78 is 13.4. The van der Waals surface area contributed by atoms with E-state index >= 15 is 0 Å². The van der Waals surface area contributed by atoms with Gasteiger partial charge in [0.05, 0.1) is 5.41 Å².